The van der Waals surface area contributed by atoms with Gasteiger partial charge in [0.25, 0.3) is 5.91 Å². The summed E-state index contributed by atoms with van der Waals surface area (Å²) >= 11 is 0. The van der Waals surface area contributed by atoms with Crippen LogP contribution in [0.4, 0.5) is 0 Å². The van der Waals surface area contributed by atoms with Gasteiger partial charge in [0, 0.05) is 5.56 Å². The first kappa shape index (κ1) is 13.4. The van der Waals surface area contributed by atoms with Gasteiger partial charge in [0.2, 0.25) is 0 Å². The molecule has 4 nitrogen and oxygen atoms in total. The third-order valence-electron chi connectivity index (χ3n) is 3.60. The molecule has 2 aromatic carbocycles. The maximum Gasteiger partial charge on any atom is 0.251 e. The average Bonchev–Trinajstić information content (AvgIpc) is 2.88. The second-order valence-electron chi connectivity index (χ2n) is 5.19. The van der Waals surface area contributed by atoms with Crippen LogP contribution in [0, 0.1) is 13.8 Å². The van der Waals surface area contributed by atoms with Crippen molar-refractivity contribution in [2.45, 2.75) is 20.4 Å². The first-order chi connectivity index (χ1) is 10.1. The summed E-state index contributed by atoms with van der Waals surface area (Å²) in [5, 5.41) is 2.87. The Morgan fingerprint density at radius 1 is 1.14 bits per heavy atom. The van der Waals surface area contributed by atoms with Gasteiger partial charge in [-0.2, -0.15) is 0 Å². The molecule has 0 radical (unpaired) electrons. The van der Waals surface area contributed by atoms with Crippen LogP contribution in [0.25, 0.3) is 11.0 Å². The molecule has 0 spiro atoms. The number of fused-ring (bicyclic) bond motifs is 1. The molecule has 0 aliphatic carbocycles. The molecule has 0 aliphatic rings. The summed E-state index contributed by atoms with van der Waals surface area (Å²) in [6, 6.07) is 13.3. The van der Waals surface area contributed by atoms with Gasteiger partial charge in [-0.15, -0.1) is 0 Å². The summed E-state index contributed by atoms with van der Waals surface area (Å²) in [6.45, 7) is 4.53. The lowest BCUT2D eigenvalue weighted by Gasteiger charge is -2.02. The van der Waals surface area contributed by atoms with Crippen LogP contribution in [0.1, 0.15) is 27.3 Å². The van der Waals surface area contributed by atoms with E-state index in [0.29, 0.717) is 12.1 Å². The summed E-state index contributed by atoms with van der Waals surface area (Å²) < 4.78 is 0. The van der Waals surface area contributed by atoms with E-state index in [1.165, 1.54) is 11.1 Å². The van der Waals surface area contributed by atoms with Crippen LogP contribution in [0.2, 0.25) is 0 Å². The van der Waals surface area contributed by atoms with E-state index >= 15 is 0 Å². The Bertz CT molecular complexity index is 751. The van der Waals surface area contributed by atoms with Crippen LogP contribution in [0.15, 0.2) is 42.5 Å². The van der Waals surface area contributed by atoms with Gasteiger partial charge in [0.1, 0.15) is 5.82 Å². The van der Waals surface area contributed by atoms with Crippen LogP contribution < -0.4 is 5.32 Å². The number of amides is 1. The van der Waals surface area contributed by atoms with Crippen molar-refractivity contribution >= 4 is 16.9 Å². The van der Waals surface area contributed by atoms with E-state index < -0.39 is 0 Å². The molecule has 0 saturated carbocycles. The molecule has 106 valence electrons. The minimum atomic E-state index is -0.0941. The van der Waals surface area contributed by atoms with Crippen molar-refractivity contribution in [2.24, 2.45) is 0 Å². The maximum atomic E-state index is 12.0. The van der Waals surface area contributed by atoms with E-state index in [-0.39, 0.29) is 5.91 Å². The second-order valence-corrected chi connectivity index (χ2v) is 5.19. The normalized spacial score (nSPS) is 10.8. The summed E-state index contributed by atoms with van der Waals surface area (Å²) in [5.41, 5.74) is 5.03. The summed E-state index contributed by atoms with van der Waals surface area (Å²) in [7, 11) is 0. The number of carbonyl (C=O) groups excluding carboxylic acids is 1. The number of rotatable bonds is 3. The minimum Gasteiger partial charge on any atom is -0.345 e. The van der Waals surface area contributed by atoms with Gasteiger partial charge >= 0.3 is 0 Å². The molecular weight excluding hydrogens is 262 g/mol. The molecule has 0 fully saturated rings. The zero-order chi connectivity index (χ0) is 14.8. The molecule has 3 aromatic rings. The lowest BCUT2D eigenvalue weighted by Crippen LogP contribution is -2.23. The number of imidazole rings is 1. The number of carbonyl (C=O) groups is 1. The Labute approximate surface area is 123 Å². The van der Waals surface area contributed by atoms with Crippen LogP contribution >= 0.6 is 0 Å². The number of aryl methyl sites for hydroxylation is 2. The zero-order valence-electron chi connectivity index (χ0n) is 12.1. The van der Waals surface area contributed by atoms with E-state index in [9.17, 15) is 4.79 Å². The number of hydrogen-bond donors (Lipinski definition) is 2. The molecule has 0 saturated heterocycles. The van der Waals surface area contributed by atoms with Crippen molar-refractivity contribution in [3.05, 3.63) is 65.0 Å². The largest absolute Gasteiger partial charge is 0.345 e. The highest BCUT2D eigenvalue weighted by Gasteiger charge is 2.07. The van der Waals surface area contributed by atoms with Gasteiger partial charge in [-0.1, -0.05) is 18.2 Å². The van der Waals surface area contributed by atoms with E-state index in [2.05, 4.69) is 41.3 Å². The third-order valence-corrected chi connectivity index (χ3v) is 3.60. The summed E-state index contributed by atoms with van der Waals surface area (Å²) in [6.07, 6.45) is 0. The second kappa shape index (κ2) is 5.40. The van der Waals surface area contributed by atoms with Crippen LogP contribution in [0.3, 0.4) is 0 Å². The van der Waals surface area contributed by atoms with Gasteiger partial charge in [0.05, 0.1) is 17.6 Å². The molecule has 4 heteroatoms. The molecule has 0 atom stereocenters. The molecule has 1 aromatic heterocycles. The number of H-pyrrole nitrogens is 1. The fourth-order valence-corrected chi connectivity index (χ4v) is 2.26. The van der Waals surface area contributed by atoms with E-state index in [4.69, 9.17) is 0 Å². The Morgan fingerprint density at radius 3 is 2.62 bits per heavy atom. The van der Waals surface area contributed by atoms with Crippen molar-refractivity contribution < 1.29 is 4.79 Å². The number of aromatic amines is 1. The fraction of sp³-hybridized carbons (Fsp3) is 0.176. The first-order valence-electron chi connectivity index (χ1n) is 6.92. The van der Waals surface area contributed by atoms with Gasteiger partial charge in [-0.25, -0.2) is 4.98 Å². The van der Waals surface area contributed by atoms with Crippen molar-refractivity contribution in [1.29, 1.82) is 0 Å². The molecule has 21 heavy (non-hydrogen) atoms. The molecule has 1 amide bonds. The van der Waals surface area contributed by atoms with Gasteiger partial charge in [-0.05, 0) is 49.2 Å². The summed E-state index contributed by atoms with van der Waals surface area (Å²) in [4.78, 5) is 19.7. The topological polar surface area (TPSA) is 57.8 Å². The Morgan fingerprint density at radius 2 is 1.86 bits per heavy atom. The van der Waals surface area contributed by atoms with Gasteiger partial charge < -0.3 is 10.3 Å². The van der Waals surface area contributed by atoms with Gasteiger partial charge in [0.15, 0.2) is 0 Å². The van der Waals surface area contributed by atoms with E-state index in [0.717, 1.165) is 16.9 Å². The molecular formula is C17H17N3O. The third kappa shape index (κ3) is 2.79. The minimum absolute atomic E-state index is 0.0941. The van der Waals surface area contributed by atoms with Crippen molar-refractivity contribution in [3.8, 4) is 0 Å². The van der Waals surface area contributed by atoms with Gasteiger partial charge in [-0.3, -0.25) is 4.79 Å². The average molecular weight is 279 g/mol. The predicted octanol–water partition coefficient (Wildman–Crippen LogP) is 3.11. The monoisotopic (exact) mass is 279 g/mol. The summed E-state index contributed by atoms with van der Waals surface area (Å²) in [5.74, 6) is 0.669. The molecule has 3 rings (SSSR count). The molecule has 0 unspecified atom stereocenters. The highest BCUT2D eigenvalue weighted by Crippen LogP contribution is 2.17. The molecule has 1 heterocycles. The smallest absolute Gasteiger partial charge is 0.251 e. The lowest BCUT2D eigenvalue weighted by molar-refractivity contribution is 0.0950. The van der Waals surface area contributed by atoms with E-state index in [1.807, 2.05) is 18.2 Å². The van der Waals surface area contributed by atoms with Crippen molar-refractivity contribution in [1.82, 2.24) is 15.3 Å². The highest BCUT2D eigenvalue weighted by atomic mass is 16.1. The first-order valence-corrected chi connectivity index (χ1v) is 6.92. The zero-order valence-corrected chi connectivity index (χ0v) is 12.1. The predicted molar refractivity (Wildman–Crippen MR) is 83.2 cm³/mol. The van der Waals surface area contributed by atoms with Crippen LogP contribution in [-0.4, -0.2) is 15.9 Å². The lowest BCUT2D eigenvalue weighted by atomic mass is 10.1. The standard InChI is InChI=1S/C17H17N3O/c1-11-8-14-15(9-12(11)2)20-16(19-14)10-18-17(21)13-6-4-3-5-7-13/h3-9H,10H2,1-2H3,(H,18,21)(H,19,20). The maximum absolute atomic E-state index is 12.0. The van der Waals surface area contributed by atoms with Crippen molar-refractivity contribution in [2.75, 3.05) is 0 Å². The number of aromatic nitrogens is 2. The Balaban J connectivity index is 1.75. The highest BCUT2D eigenvalue weighted by molar-refractivity contribution is 5.94. The van der Waals surface area contributed by atoms with Crippen molar-refractivity contribution in [3.63, 3.8) is 0 Å². The Kier molecular flexibility index (Phi) is 3.44. The number of nitrogens with one attached hydrogen (secondary N) is 2. The SMILES string of the molecule is Cc1cc2nc(CNC(=O)c3ccccc3)[nH]c2cc1C. The number of hydrogen-bond acceptors (Lipinski definition) is 2. The van der Waals surface area contributed by atoms with Crippen LogP contribution in [0.5, 0.6) is 0 Å². The molecule has 2 N–H and O–H groups in total. The quantitative estimate of drug-likeness (QED) is 0.774. The van der Waals surface area contributed by atoms with E-state index in [1.54, 1.807) is 12.1 Å². The van der Waals surface area contributed by atoms with Crippen LogP contribution in [-0.2, 0) is 6.54 Å². The molecule has 0 bridgehead atoms. The fourth-order valence-electron chi connectivity index (χ4n) is 2.26. The number of benzene rings is 2. The Hall–Kier alpha value is -2.62. The molecule has 0 aliphatic heterocycles. The number of nitrogens with zero attached hydrogens (tertiary/aromatic N) is 1.